The molecule has 0 bridgehead atoms. The van der Waals surface area contributed by atoms with Crippen LogP contribution in [0.4, 0.5) is 4.39 Å². The van der Waals surface area contributed by atoms with Crippen LogP contribution >= 0.6 is 11.6 Å². The van der Waals surface area contributed by atoms with Gasteiger partial charge >= 0.3 is 5.97 Å². The molecule has 0 radical (unpaired) electrons. The molecule has 1 aliphatic heterocycles. The summed E-state index contributed by atoms with van der Waals surface area (Å²) in [5, 5.41) is 3.42. The Kier molecular flexibility index (Phi) is 8.63. The molecular weight excluding hydrogens is 581 g/mol. The summed E-state index contributed by atoms with van der Waals surface area (Å²) in [6, 6.07) is 31.3. The van der Waals surface area contributed by atoms with E-state index in [1.54, 1.807) is 12.1 Å². The van der Waals surface area contributed by atoms with Crippen LogP contribution in [0.3, 0.4) is 0 Å². The van der Waals surface area contributed by atoms with Crippen LogP contribution in [0.25, 0.3) is 34.0 Å². The van der Waals surface area contributed by atoms with Crippen LogP contribution in [0.5, 0.6) is 0 Å². The highest BCUT2D eigenvalue weighted by Crippen LogP contribution is 2.36. The van der Waals surface area contributed by atoms with Gasteiger partial charge in [0.2, 0.25) is 11.1 Å². The summed E-state index contributed by atoms with van der Waals surface area (Å²) in [6.07, 6.45) is 0.583. The van der Waals surface area contributed by atoms with E-state index in [0.29, 0.717) is 49.4 Å². The van der Waals surface area contributed by atoms with Crippen molar-refractivity contribution in [2.75, 3.05) is 13.1 Å². The number of halogens is 2. The summed E-state index contributed by atoms with van der Waals surface area (Å²) in [5.41, 5.74) is 3.11. The second kappa shape index (κ2) is 12.9. The fraction of sp³-hybridized carbons (Fsp3) is 0.200. The molecule has 222 valence electrons. The van der Waals surface area contributed by atoms with E-state index in [1.165, 1.54) is 6.07 Å². The van der Waals surface area contributed by atoms with Gasteiger partial charge < -0.3 is 9.26 Å². The van der Waals surface area contributed by atoms with Gasteiger partial charge in [-0.1, -0.05) is 96.2 Å². The number of ether oxygens (including phenoxy) is 1. The predicted molar refractivity (Wildman–Crippen MR) is 165 cm³/mol. The quantitative estimate of drug-likeness (QED) is 0.0984. The first-order valence-corrected chi connectivity index (χ1v) is 14.7. The summed E-state index contributed by atoms with van der Waals surface area (Å²) in [4.78, 5) is 32.0. The summed E-state index contributed by atoms with van der Waals surface area (Å²) >= 11 is 5.96. The Labute approximate surface area is 259 Å². The van der Waals surface area contributed by atoms with Crippen molar-refractivity contribution in [2.45, 2.75) is 26.0 Å². The lowest BCUT2D eigenvalue weighted by atomic mass is 9.79. The molecule has 0 atom stereocenters. The third-order valence-electron chi connectivity index (χ3n) is 8.03. The number of esters is 1. The van der Waals surface area contributed by atoms with Gasteiger partial charge in [0.05, 0.1) is 0 Å². The Balaban J connectivity index is 1.06. The van der Waals surface area contributed by atoms with Crippen molar-refractivity contribution in [3.05, 3.63) is 120 Å². The monoisotopic (exact) mass is 609 g/mol. The maximum Gasteiger partial charge on any atom is 0.321 e. The van der Waals surface area contributed by atoms with Gasteiger partial charge in [0.15, 0.2) is 0 Å². The van der Waals surface area contributed by atoms with Crippen LogP contribution in [-0.4, -0.2) is 39.3 Å². The first-order chi connectivity index (χ1) is 21.4. The molecule has 1 aromatic heterocycles. The molecule has 0 amide bonds. The molecule has 5 aromatic rings. The number of aromatic nitrogens is 2. The van der Waals surface area contributed by atoms with E-state index in [1.807, 2.05) is 84.9 Å². The highest BCUT2D eigenvalue weighted by molar-refractivity contribution is 6.66. The van der Waals surface area contributed by atoms with Gasteiger partial charge in [0.1, 0.15) is 17.8 Å². The molecule has 1 saturated heterocycles. The molecule has 9 heteroatoms. The van der Waals surface area contributed by atoms with Crippen molar-refractivity contribution in [2.24, 2.45) is 5.41 Å². The van der Waals surface area contributed by atoms with Crippen LogP contribution in [0.1, 0.15) is 24.0 Å². The second-order valence-corrected chi connectivity index (χ2v) is 11.2. The van der Waals surface area contributed by atoms with Crippen molar-refractivity contribution < 1.29 is 23.2 Å². The molecule has 6 rings (SSSR count). The third kappa shape index (κ3) is 6.32. The average molecular weight is 610 g/mol. The normalized spacial score (nSPS) is 14.7. The second-order valence-electron chi connectivity index (χ2n) is 10.9. The first kappa shape index (κ1) is 29.4. The molecular formula is C35H29ClFN3O4. The van der Waals surface area contributed by atoms with Crippen molar-refractivity contribution in [3.8, 4) is 34.0 Å². The Morgan fingerprint density at radius 2 is 1.50 bits per heavy atom. The molecule has 7 nitrogen and oxygen atoms in total. The highest BCUT2D eigenvalue weighted by Gasteiger charge is 2.48. The van der Waals surface area contributed by atoms with Gasteiger partial charge in [0, 0.05) is 36.3 Å². The van der Waals surface area contributed by atoms with Gasteiger partial charge in [-0.25, -0.2) is 4.39 Å². The summed E-state index contributed by atoms with van der Waals surface area (Å²) in [5.74, 6) is -0.307. The molecule has 0 aliphatic carbocycles. The van der Waals surface area contributed by atoms with Gasteiger partial charge in [-0.3, -0.25) is 14.5 Å². The van der Waals surface area contributed by atoms with Crippen LogP contribution in [0, 0.1) is 11.2 Å². The number of carbonyl (C=O) groups is 2. The standard InChI is InChI=1S/C35H29ClFN3O4/c36-33(41)35(34(42)43-23-25-7-3-1-4-8-25)17-19-40(20-18-35)22-24-11-13-27(14-12-24)31-38-32(44-39-31)28-15-16-29(30(37)21-28)26-9-5-2-6-10-26/h1-16,21H,17-20,22-23H2. The number of piperidine rings is 1. The molecule has 0 N–H and O–H groups in total. The summed E-state index contributed by atoms with van der Waals surface area (Å²) in [7, 11) is 0. The summed E-state index contributed by atoms with van der Waals surface area (Å²) < 4.78 is 25.8. The molecule has 0 spiro atoms. The van der Waals surface area contributed by atoms with E-state index in [0.717, 1.165) is 22.3 Å². The summed E-state index contributed by atoms with van der Waals surface area (Å²) in [6.45, 7) is 1.78. The lowest BCUT2D eigenvalue weighted by Crippen LogP contribution is -2.48. The number of likely N-dealkylation sites (tertiary alicyclic amines) is 1. The van der Waals surface area contributed by atoms with Crippen LogP contribution in [-0.2, 0) is 27.5 Å². The van der Waals surface area contributed by atoms with E-state index in [4.69, 9.17) is 20.9 Å². The number of benzene rings is 4. The van der Waals surface area contributed by atoms with Gasteiger partial charge in [-0.05, 0) is 53.3 Å². The number of hydrogen-bond donors (Lipinski definition) is 0. The van der Waals surface area contributed by atoms with Crippen molar-refractivity contribution in [1.29, 1.82) is 0 Å². The molecule has 0 saturated carbocycles. The Bertz CT molecular complexity index is 1750. The van der Waals surface area contributed by atoms with Crippen molar-refractivity contribution in [1.82, 2.24) is 15.0 Å². The van der Waals surface area contributed by atoms with E-state index in [9.17, 15) is 14.0 Å². The molecule has 1 fully saturated rings. The topological polar surface area (TPSA) is 85.5 Å². The van der Waals surface area contributed by atoms with E-state index < -0.39 is 16.6 Å². The van der Waals surface area contributed by atoms with Crippen molar-refractivity contribution >= 4 is 22.8 Å². The number of hydrogen-bond acceptors (Lipinski definition) is 7. The Hall–Kier alpha value is -4.66. The lowest BCUT2D eigenvalue weighted by molar-refractivity contribution is -0.163. The molecule has 0 unspecified atom stereocenters. The zero-order chi connectivity index (χ0) is 30.5. The van der Waals surface area contributed by atoms with Crippen LogP contribution < -0.4 is 0 Å². The van der Waals surface area contributed by atoms with Gasteiger partial charge in [0.25, 0.3) is 5.89 Å². The van der Waals surface area contributed by atoms with E-state index in [-0.39, 0.29) is 18.3 Å². The zero-order valence-electron chi connectivity index (χ0n) is 23.8. The molecule has 1 aliphatic rings. The van der Waals surface area contributed by atoms with Crippen LogP contribution in [0.2, 0.25) is 0 Å². The van der Waals surface area contributed by atoms with Gasteiger partial charge in [-0.2, -0.15) is 4.98 Å². The molecule has 2 heterocycles. The van der Waals surface area contributed by atoms with Crippen molar-refractivity contribution in [3.63, 3.8) is 0 Å². The fourth-order valence-corrected chi connectivity index (χ4v) is 5.68. The maximum atomic E-state index is 14.9. The zero-order valence-corrected chi connectivity index (χ0v) is 24.5. The number of rotatable bonds is 9. The minimum Gasteiger partial charge on any atom is -0.460 e. The molecule has 4 aromatic carbocycles. The van der Waals surface area contributed by atoms with Gasteiger partial charge in [-0.15, -0.1) is 0 Å². The highest BCUT2D eigenvalue weighted by atomic mass is 35.5. The smallest absolute Gasteiger partial charge is 0.321 e. The fourth-order valence-electron chi connectivity index (χ4n) is 5.41. The minimum absolute atomic E-state index is 0.0982. The Morgan fingerprint density at radius 1 is 0.841 bits per heavy atom. The van der Waals surface area contributed by atoms with Crippen LogP contribution in [0.15, 0.2) is 108 Å². The predicted octanol–water partition coefficient (Wildman–Crippen LogP) is 7.30. The average Bonchev–Trinajstić information content (AvgIpc) is 3.56. The molecule has 44 heavy (non-hydrogen) atoms. The maximum absolute atomic E-state index is 14.9. The Morgan fingerprint density at radius 3 is 2.16 bits per heavy atom. The minimum atomic E-state index is -1.34. The van der Waals surface area contributed by atoms with E-state index >= 15 is 0 Å². The number of carbonyl (C=O) groups excluding carboxylic acids is 2. The SMILES string of the molecule is O=C(Cl)C1(C(=O)OCc2ccccc2)CCN(Cc2ccc(-c3noc(-c4ccc(-c5ccccc5)c(F)c4)n3)cc2)CC1. The first-order valence-electron chi connectivity index (χ1n) is 14.3. The third-order valence-corrected chi connectivity index (χ3v) is 8.40. The largest absolute Gasteiger partial charge is 0.460 e. The lowest BCUT2D eigenvalue weighted by Gasteiger charge is -2.37. The number of nitrogens with zero attached hydrogens (tertiary/aromatic N) is 3. The van der Waals surface area contributed by atoms with E-state index in [2.05, 4.69) is 15.0 Å².